The van der Waals surface area contributed by atoms with E-state index in [0.717, 1.165) is 12.6 Å². The Kier molecular flexibility index (Phi) is 11.0. The smallest absolute Gasteiger partial charge is 0.261 e. The largest absolute Gasteiger partial charge is 0.356 e. The summed E-state index contributed by atoms with van der Waals surface area (Å²) in [6.45, 7) is 3.05. The molecule has 0 bridgehead atoms. The van der Waals surface area contributed by atoms with E-state index < -0.39 is 27.8 Å². The highest BCUT2D eigenvalue weighted by Gasteiger charge is 2.25. The predicted octanol–water partition coefficient (Wildman–Crippen LogP) is 1.64. The van der Waals surface area contributed by atoms with E-state index >= 15 is 0 Å². The number of sulfonamides is 1. The average molecular weight is 506 g/mol. The van der Waals surface area contributed by atoms with Gasteiger partial charge in [0.05, 0.1) is 5.69 Å². The molecule has 35 heavy (non-hydrogen) atoms. The first-order valence-electron chi connectivity index (χ1n) is 10.9. The van der Waals surface area contributed by atoms with Crippen LogP contribution in [0.3, 0.4) is 0 Å². The van der Waals surface area contributed by atoms with Crippen LogP contribution in [0, 0.1) is 17.3 Å². The number of aliphatic imine (C=N–C) groups is 1. The number of nitrogens with one attached hydrogen (secondary N) is 4. The molecule has 1 aromatic heterocycles. The van der Waals surface area contributed by atoms with Crippen LogP contribution in [-0.2, 0) is 14.8 Å². The second-order valence-corrected chi connectivity index (χ2v) is 9.16. The van der Waals surface area contributed by atoms with Crippen molar-refractivity contribution in [3.8, 4) is 17.5 Å². The summed E-state index contributed by atoms with van der Waals surface area (Å²) in [5, 5.41) is 23.7. The lowest BCUT2D eigenvalue weighted by atomic mass is 10.1. The minimum atomic E-state index is -4.13. The number of pyridine rings is 1. The third kappa shape index (κ3) is 8.93. The van der Waals surface area contributed by atoms with Crippen LogP contribution in [-0.4, -0.2) is 49.6 Å². The Bertz CT molecular complexity index is 1150. The van der Waals surface area contributed by atoms with Crippen molar-refractivity contribution in [2.75, 3.05) is 13.1 Å². The Morgan fingerprint density at radius 1 is 1.23 bits per heavy atom. The molecule has 1 heterocycles. The van der Waals surface area contributed by atoms with Crippen LogP contribution >= 0.6 is 0 Å². The fourth-order valence-corrected chi connectivity index (χ4v) is 4.22. The van der Waals surface area contributed by atoms with Gasteiger partial charge in [0.1, 0.15) is 16.8 Å². The highest BCUT2D eigenvalue weighted by atomic mass is 32.2. The minimum Gasteiger partial charge on any atom is -0.356 e. The molecule has 0 saturated carbocycles. The van der Waals surface area contributed by atoms with E-state index in [2.05, 4.69) is 25.3 Å². The molecule has 0 aliphatic heterocycles. The lowest BCUT2D eigenvalue weighted by molar-refractivity contribution is -0.131. The molecule has 0 aliphatic rings. The second-order valence-electron chi connectivity index (χ2n) is 7.45. The van der Waals surface area contributed by atoms with Crippen LogP contribution in [0.5, 0.6) is 0 Å². The molecule has 2 aromatic rings. The van der Waals surface area contributed by atoms with Crippen LogP contribution in [0.15, 0.2) is 52.5 Å². The van der Waals surface area contributed by atoms with Crippen molar-refractivity contribution in [2.45, 2.75) is 43.5 Å². The van der Waals surface area contributed by atoms with Crippen molar-refractivity contribution in [3.63, 3.8) is 0 Å². The molecule has 11 nitrogen and oxygen atoms in total. The van der Waals surface area contributed by atoms with Gasteiger partial charge in [0.25, 0.3) is 5.91 Å². The zero-order valence-corrected chi connectivity index (χ0v) is 20.0. The van der Waals surface area contributed by atoms with Crippen LogP contribution in [0.25, 0.3) is 11.3 Å². The highest BCUT2D eigenvalue weighted by Crippen LogP contribution is 2.19. The van der Waals surface area contributed by atoms with E-state index in [4.69, 9.17) is 10.5 Å². The average Bonchev–Trinajstić information content (AvgIpc) is 2.85. The number of nitriles is 1. The quantitative estimate of drug-likeness (QED) is 0.0724. The molecule has 1 atom stereocenters. The van der Waals surface area contributed by atoms with E-state index in [-0.39, 0.29) is 11.3 Å². The van der Waals surface area contributed by atoms with E-state index in [1.807, 2.05) is 6.92 Å². The van der Waals surface area contributed by atoms with Crippen molar-refractivity contribution in [1.29, 1.82) is 5.26 Å². The minimum absolute atomic E-state index is 0.106. The van der Waals surface area contributed by atoms with Gasteiger partial charge in [0.2, 0.25) is 22.2 Å². The maximum atomic E-state index is 13.4. The Labute approximate surface area is 203 Å². The van der Waals surface area contributed by atoms with E-state index in [1.165, 1.54) is 35.8 Å². The van der Waals surface area contributed by atoms with Gasteiger partial charge in [-0.1, -0.05) is 19.1 Å². The Balaban J connectivity index is 1.97. The number of halogens is 1. The van der Waals surface area contributed by atoms with Gasteiger partial charge in [0, 0.05) is 24.8 Å². The van der Waals surface area contributed by atoms with Crippen LogP contribution in [0.1, 0.15) is 32.6 Å². The number of carbonyl (C=O) groups is 1. The third-order valence-electron chi connectivity index (χ3n) is 4.81. The molecule has 2 rings (SSSR count). The van der Waals surface area contributed by atoms with Crippen LogP contribution in [0.2, 0.25) is 0 Å². The number of carbonyl (C=O) groups excluding carboxylic acids is 1. The normalized spacial score (nSPS) is 12.5. The summed E-state index contributed by atoms with van der Waals surface area (Å²) in [6.07, 6.45) is 4.74. The summed E-state index contributed by atoms with van der Waals surface area (Å²) in [5.41, 5.74) is 2.35. The Morgan fingerprint density at radius 2 is 2.00 bits per heavy atom. The summed E-state index contributed by atoms with van der Waals surface area (Å²) in [6, 6.07) is 7.24. The zero-order chi connectivity index (χ0) is 25.7. The molecule has 0 aliphatic carbocycles. The van der Waals surface area contributed by atoms with Gasteiger partial charge in [-0.3, -0.25) is 15.0 Å². The van der Waals surface area contributed by atoms with E-state index in [1.54, 1.807) is 12.3 Å². The molecule has 0 radical (unpaired) electrons. The number of nitrogens with zero attached hydrogens (tertiary/aromatic N) is 3. The molecule has 0 fully saturated rings. The number of hydrogen-bond donors (Lipinski definition) is 5. The Hall–Kier alpha value is -3.60. The first-order valence-corrected chi connectivity index (χ1v) is 12.4. The molecular weight excluding hydrogens is 477 g/mol. The fraction of sp³-hybridized carbons (Fsp3) is 0.364. The van der Waals surface area contributed by atoms with E-state index in [0.29, 0.717) is 43.1 Å². The first-order chi connectivity index (χ1) is 16.8. The third-order valence-corrected chi connectivity index (χ3v) is 6.26. The topological polar surface area (TPSA) is 169 Å². The number of benzene rings is 1. The van der Waals surface area contributed by atoms with Crippen LogP contribution in [0.4, 0.5) is 4.39 Å². The Morgan fingerprint density at radius 3 is 2.63 bits per heavy atom. The van der Waals surface area contributed by atoms with Gasteiger partial charge >= 0.3 is 0 Å². The van der Waals surface area contributed by atoms with Gasteiger partial charge in [-0.25, -0.2) is 18.3 Å². The van der Waals surface area contributed by atoms with Crippen molar-refractivity contribution in [2.24, 2.45) is 4.99 Å². The highest BCUT2D eigenvalue weighted by molar-refractivity contribution is 7.89. The number of rotatable bonds is 12. The van der Waals surface area contributed by atoms with Crippen molar-refractivity contribution in [3.05, 3.63) is 48.4 Å². The summed E-state index contributed by atoms with van der Waals surface area (Å²) in [5.74, 6) is -1.00. The first kappa shape index (κ1) is 27.6. The monoisotopic (exact) mass is 505 g/mol. The number of amides is 1. The zero-order valence-electron chi connectivity index (χ0n) is 19.2. The van der Waals surface area contributed by atoms with Crippen molar-refractivity contribution < 1.29 is 22.8 Å². The van der Waals surface area contributed by atoms with Crippen molar-refractivity contribution in [1.82, 2.24) is 25.8 Å². The lowest BCUT2D eigenvalue weighted by Gasteiger charge is -2.17. The van der Waals surface area contributed by atoms with Gasteiger partial charge < -0.3 is 10.6 Å². The number of hydrogen-bond acceptors (Lipinski definition) is 7. The standard InChI is InChI=1S/C22H28FN7O4S/c1-2-11-25-22(28-15-24)26-12-4-3-8-20(21(31)29-32)30-35(33,34)18-9-10-19(27-14-18)16-6-5-7-17(23)13-16/h5-7,9-10,13-14,20,30,32H,2-4,8,11-12H2,1H3,(H,29,31)(H2,25,26,28)/t20-/m1/s1. The number of guanidine groups is 1. The van der Waals surface area contributed by atoms with Gasteiger partial charge in [0.15, 0.2) is 0 Å². The number of aromatic nitrogens is 1. The molecule has 13 heteroatoms. The fourth-order valence-electron chi connectivity index (χ4n) is 3.05. The molecule has 0 saturated heterocycles. The number of unbranched alkanes of at least 4 members (excludes halogenated alkanes) is 1. The molecule has 188 valence electrons. The summed E-state index contributed by atoms with van der Waals surface area (Å²) >= 11 is 0. The predicted molar refractivity (Wildman–Crippen MR) is 127 cm³/mol. The van der Waals surface area contributed by atoms with Gasteiger partial charge in [-0.15, -0.1) is 4.99 Å². The SMILES string of the molecule is CCCN/C(=N\C#N)NCCCC[C@@H](NS(=O)(=O)c1ccc(-c2cccc(F)c2)nc1)C(=O)NO. The lowest BCUT2D eigenvalue weighted by Crippen LogP contribution is -2.45. The number of hydroxylamine groups is 1. The van der Waals surface area contributed by atoms with Crippen LogP contribution < -0.4 is 20.8 Å². The second kappa shape index (κ2) is 14.0. The molecular formula is C22H28FN7O4S. The molecule has 1 amide bonds. The summed E-state index contributed by atoms with van der Waals surface area (Å²) in [7, 11) is -4.13. The maximum absolute atomic E-state index is 13.4. The summed E-state index contributed by atoms with van der Waals surface area (Å²) < 4.78 is 41.3. The molecule has 0 unspecified atom stereocenters. The molecule has 0 spiro atoms. The van der Waals surface area contributed by atoms with E-state index in [9.17, 15) is 17.6 Å². The maximum Gasteiger partial charge on any atom is 0.261 e. The molecule has 1 aromatic carbocycles. The molecule has 5 N–H and O–H groups in total. The van der Waals surface area contributed by atoms with Gasteiger partial charge in [-0.05, 0) is 49.9 Å². The summed E-state index contributed by atoms with van der Waals surface area (Å²) in [4.78, 5) is 19.6. The van der Waals surface area contributed by atoms with Gasteiger partial charge in [-0.2, -0.15) is 9.98 Å². The van der Waals surface area contributed by atoms with Crippen molar-refractivity contribution >= 4 is 21.9 Å².